The Morgan fingerprint density at radius 1 is 1.19 bits per heavy atom. The molecular weight excluding hydrogens is 400 g/mol. The third kappa shape index (κ3) is 5.14. The molecule has 0 spiro atoms. The fraction of sp³-hybridized carbons (Fsp3) is 0.444. The molecule has 0 fully saturated rings. The molecule has 26 heavy (non-hydrogen) atoms. The van der Waals surface area contributed by atoms with E-state index in [-0.39, 0.29) is 0 Å². The van der Waals surface area contributed by atoms with Crippen molar-refractivity contribution in [3.8, 4) is 11.5 Å². The zero-order valence-corrected chi connectivity index (χ0v) is 17.3. The number of methoxy groups -OCH3 is 2. The number of aromatic nitrogens is 1. The van der Waals surface area contributed by atoms with E-state index in [0.29, 0.717) is 36.5 Å². The highest BCUT2D eigenvalue weighted by Crippen LogP contribution is 2.36. The van der Waals surface area contributed by atoms with Crippen molar-refractivity contribution in [3.63, 3.8) is 0 Å². The molecule has 2 rings (SSSR count). The highest BCUT2D eigenvalue weighted by Gasteiger charge is 2.11. The maximum Gasteiger partial charge on any atom is 0.191 e. The van der Waals surface area contributed by atoms with Gasteiger partial charge in [0.2, 0.25) is 0 Å². The fourth-order valence-electron chi connectivity index (χ4n) is 2.33. The number of aliphatic imine (C=N–C) groups is 1. The number of rotatable bonds is 7. The number of nitrogens with one attached hydrogen (secondary N) is 2. The molecule has 7 nitrogen and oxygen atoms in total. The molecule has 0 aliphatic heterocycles. The minimum atomic E-state index is 0.341. The van der Waals surface area contributed by atoms with Crippen molar-refractivity contribution in [2.45, 2.75) is 32.9 Å². The molecule has 0 saturated heterocycles. The van der Waals surface area contributed by atoms with Crippen LogP contribution in [0.2, 0.25) is 0 Å². The van der Waals surface area contributed by atoms with E-state index in [1.807, 2.05) is 18.2 Å². The standard InChI is InChI=1S/C18H25BrN4O3/c1-11(2)15-8-13(26-23-15)10-22-18(20-3)21-9-12-6-14(19)17(25-5)16(7-12)24-4/h6-8,11H,9-10H2,1-5H3,(H2,20,21,22). The molecule has 1 aromatic carbocycles. The molecule has 0 aliphatic carbocycles. The van der Waals surface area contributed by atoms with Crippen molar-refractivity contribution < 1.29 is 14.0 Å². The highest BCUT2D eigenvalue weighted by molar-refractivity contribution is 9.10. The number of hydrogen-bond donors (Lipinski definition) is 2. The van der Waals surface area contributed by atoms with Crippen LogP contribution in [0.15, 0.2) is 32.2 Å². The number of ether oxygens (including phenoxy) is 2. The van der Waals surface area contributed by atoms with Gasteiger partial charge in [-0.25, -0.2) is 0 Å². The Balaban J connectivity index is 1.95. The van der Waals surface area contributed by atoms with Crippen molar-refractivity contribution in [2.75, 3.05) is 21.3 Å². The summed E-state index contributed by atoms with van der Waals surface area (Å²) in [6.45, 7) is 5.24. The number of benzene rings is 1. The summed E-state index contributed by atoms with van der Waals surface area (Å²) >= 11 is 3.50. The molecule has 0 unspecified atom stereocenters. The lowest BCUT2D eigenvalue weighted by molar-refractivity contribution is 0.352. The predicted octanol–water partition coefficient (Wildman–Crippen LogP) is 3.44. The van der Waals surface area contributed by atoms with Gasteiger partial charge in [0.1, 0.15) is 0 Å². The SMILES string of the molecule is CN=C(NCc1cc(Br)c(OC)c(OC)c1)NCc1cc(C(C)C)no1. The van der Waals surface area contributed by atoms with Crippen LogP contribution < -0.4 is 20.1 Å². The minimum Gasteiger partial charge on any atom is -0.493 e. The van der Waals surface area contributed by atoms with Gasteiger partial charge in [-0.05, 0) is 39.5 Å². The third-order valence-corrected chi connectivity index (χ3v) is 4.36. The van der Waals surface area contributed by atoms with Crippen molar-refractivity contribution >= 4 is 21.9 Å². The minimum absolute atomic E-state index is 0.341. The van der Waals surface area contributed by atoms with Gasteiger partial charge < -0.3 is 24.6 Å². The van der Waals surface area contributed by atoms with E-state index >= 15 is 0 Å². The first-order chi connectivity index (χ1) is 12.5. The first-order valence-electron chi connectivity index (χ1n) is 8.28. The number of guanidine groups is 1. The number of hydrogen-bond acceptors (Lipinski definition) is 5. The van der Waals surface area contributed by atoms with E-state index in [2.05, 4.69) is 50.6 Å². The van der Waals surface area contributed by atoms with Crippen LogP contribution in [-0.2, 0) is 13.1 Å². The lowest BCUT2D eigenvalue weighted by Gasteiger charge is -2.14. The van der Waals surface area contributed by atoms with Gasteiger partial charge in [0, 0.05) is 19.7 Å². The monoisotopic (exact) mass is 424 g/mol. The van der Waals surface area contributed by atoms with E-state index in [0.717, 1.165) is 21.5 Å². The van der Waals surface area contributed by atoms with Gasteiger partial charge in [-0.3, -0.25) is 4.99 Å². The first-order valence-corrected chi connectivity index (χ1v) is 9.08. The molecular formula is C18H25BrN4O3. The second-order valence-electron chi connectivity index (χ2n) is 5.97. The summed E-state index contributed by atoms with van der Waals surface area (Å²) in [7, 11) is 4.95. The number of halogens is 1. The molecule has 0 bridgehead atoms. The van der Waals surface area contributed by atoms with E-state index in [9.17, 15) is 0 Å². The summed E-state index contributed by atoms with van der Waals surface area (Å²) < 4.78 is 16.9. The lowest BCUT2D eigenvalue weighted by atomic mass is 10.1. The average molecular weight is 425 g/mol. The zero-order chi connectivity index (χ0) is 19.1. The average Bonchev–Trinajstić information content (AvgIpc) is 3.10. The van der Waals surface area contributed by atoms with Crippen LogP contribution >= 0.6 is 15.9 Å². The Kier molecular flexibility index (Phi) is 7.32. The third-order valence-electron chi connectivity index (χ3n) is 3.78. The maximum absolute atomic E-state index is 5.37. The smallest absolute Gasteiger partial charge is 0.191 e. The van der Waals surface area contributed by atoms with Gasteiger partial charge in [0.25, 0.3) is 0 Å². The zero-order valence-electron chi connectivity index (χ0n) is 15.7. The summed E-state index contributed by atoms with van der Waals surface area (Å²) in [5.41, 5.74) is 1.97. The van der Waals surface area contributed by atoms with Crippen LogP contribution in [0.5, 0.6) is 11.5 Å². The summed E-state index contributed by atoms with van der Waals surface area (Å²) in [4.78, 5) is 4.22. The van der Waals surface area contributed by atoms with Gasteiger partial charge in [0.05, 0.1) is 30.9 Å². The Hall–Kier alpha value is -2.22. The molecule has 0 aliphatic rings. The quantitative estimate of drug-likeness (QED) is 0.523. The van der Waals surface area contributed by atoms with Crippen LogP contribution in [0.3, 0.4) is 0 Å². The van der Waals surface area contributed by atoms with E-state index in [1.54, 1.807) is 21.3 Å². The molecule has 142 valence electrons. The van der Waals surface area contributed by atoms with Crippen LogP contribution in [0.1, 0.15) is 36.8 Å². The Bertz CT molecular complexity index is 759. The second kappa shape index (κ2) is 9.47. The van der Waals surface area contributed by atoms with Crippen LogP contribution in [0.4, 0.5) is 0 Å². The number of nitrogens with zero attached hydrogens (tertiary/aromatic N) is 2. The molecule has 8 heteroatoms. The maximum atomic E-state index is 5.37. The highest BCUT2D eigenvalue weighted by atomic mass is 79.9. The van der Waals surface area contributed by atoms with Crippen LogP contribution in [0, 0.1) is 0 Å². The molecule has 0 saturated carbocycles. The molecule has 0 amide bonds. The summed E-state index contributed by atoms with van der Waals surface area (Å²) in [5, 5.41) is 10.5. The predicted molar refractivity (Wildman–Crippen MR) is 105 cm³/mol. The summed E-state index contributed by atoms with van der Waals surface area (Å²) in [6, 6.07) is 5.86. The van der Waals surface area contributed by atoms with E-state index in [4.69, 9.17) is 14.0 Å². The molecule has 2 N–H and O–H groups in total. The summed E-state index contributed by atoms with van der Waals surface area (Å²) in [5.74, 6) is 3.12. The van der Waals surface area contributed by atoms with Gasteiger partial charge in [-0.1, -0.05) is 19.0 Å². The van der Waals surface area contributed by atoms with Gasteiger partial charge in [-0.2, -0.15) is 0 Å². The van der Waals surface area contributed by atoms with E-state index in [1.165, 1.54) is 0 Å². The van der Waals surface area contributed by atoms with Crippen molar-refractivity contribution in [2.24, 2.45) is 4.99 Å². The Morgan fingerprint density at radius 3 is 2.50 bits per heavy atom. The van der Waals surface area contributed by atoms with Gasteiger partial charge in [-0.15, -0.1) is 0 Å². The van der Waals surface area contributed by atoms with E-state index < -0.39 is 0 Å². The van der Waals surface area contributed by atoms with Crippen molar-refractivity contribution in [3.05, 3.63) is 39.7 Å². The molecule has 0 atom stereocenters. The largest absolute Gasteiger partial charge is 0.493 e. The lowest BCUT2D eigenvalue weighted by Crippen LogP contribution is -2.36. The normalized spacial score (nSPS) is 11.6. The Labute approximate surface area is 162 Å². The molecule has 0 radical (unpaired) electrons. The molecule has 2 aromatic rings. The van der Waals surface area contributed by atoms with Crippen LogP contribution in [0.25, 0.3) is 0 Å². The molecule has 1 aromatic heterocycles. The molecule has 1 heterocycles. The van der Waals surface area contributed by atoms with Crippen molar-refractivity contribution in [1.82, 2.24) is 15.8 Å². The summed E-state index contributed by atoms with van der Waals surface area (Å²) in [6.07, 6.45) is 0. The second-order valence-corrected chi connectivity index (χ2v) is 6.82. The topological polar surface area (TPSA) is 80.9 Å². The fourth-order valence-corrected chi connectivity index (χ4v) is 2.99. The van der Waals surface area contributed by atoms with Gasteiger partial charge in [0.15, 0.2) is 23.2 Å². The van der Waals surface area contributed by atoms with Gasteiger partial charge >= 0.3 is 0 Å². The Morgan fingerprint density at radius 2 is 1.92 bits per heavy atom. The van der Waals surface area contributed by atoms with Crippen molar-refractivity contribution in [1.29, 1.82) is 0 Å². The van der Waals surface area contributed by atoms with Crippen LogP contribution in [-0.4, -0.2) is 32.4 Å². The first kappa shape index (κ1) is 20.1.